The number of carbonyl (C=O) groups excluding carboxylic acids is 4. The largest absolute Gasteiger partial charge is 0.463 e. The SMILES string of the molecule is O=C1C2CC=C3C(CC4(Cl)C(=O)N(CBr)C(=O)C4(Cl)C3c3ccc(CO)o3)C2C(=O)N1C1CCCCC1. The van der Waals surface area contributed by atoms with Crippen LogP contribution < -0.4 is 0 Å². The zero-order valence-corrected chi connectivity index (χ0v) is 23.1. The lowest BCUT2D eigenvalue weighted by molar-refractivity contribution is -0.144. The third-order valence-electron chi connectivity index (χ3n) is 9.11. The zero-order valence-electron chi connectivity index (χ0n) is 20.0. The van der Waals surface area contributed by atoms with E-state index in [1.807, 2.05) is 6.08 Å². The summed E-state index contributed by atoms with van der Waals surface area (Å²) in [7, 11) is 0. The van der Waals surface area contributed by atoms with Crippen LogP contribution in [0.5, 0.6) is 0 Å². The molecule has 6 unspecified atom stereocenters. The highest BCUT2D eigenvalue weighted by molar-refractivity contribution is 9.09. The molecule has 2 aliphatic heterocycles. The van der Waals surface area contributed by atoms with Crippen LogP contribution in [0.3, 0.4) is 0 Å². The molecule has 0 radical (unpaired) electrons. The van der Waals surface area contributed by atoms with Gasteiger partial charge in [-0.15, -0.1) is 23.2 Å². The summed E-state index contributed by atoms with van der Waals surface area (Å²) in [5.74, 6) is -3.80. The van der Waals surface area contributed by atoms with Crippen molar-refractivity contribution in [2.24, 2.45) is 17.8 Å². The Hall–Kier alpha value is -1.68. The first-order valence-corrected chi connectivity index (χ1v) is 14.6. The van der Waals surface area contributed by atoms with Crippen molar-refractivity contribution < 1.29 is 28.7 Å². The number of halogens is 3. The second-order valence-electron chi connectivity index (χ2n) is 10.8. The molecule has 1 N–H and O–H groups in total. The minimum absolute atomic E-state index is 0.0410. The smallest absolute Gasteiger partial charge is 0.254 e. The first-order valence-electron chi connectivity index (χ1n) is 12.8. The van der Waals surface area contributed by atoms with E-state index in [4.69, 9.17) is 27.6 Å². The van der Waals surface area contributed by atoms with Gasteiger partial charge in [-0.3, -0.25) is 29.0 Å². The second kappa shape index (κ2) is 8.93. The third kappa shape index (κ3) is 3.29. The predicted octanol–water partition coefficient (Wildman–Crippen LogP) is 3.82. The zero-order chi connectivity index (χ0) is 26.3. The van der Waals surface area contributed by atoms with Gasteiger partial charge in [0, 0.05) is 6.04 Å². The maximum Gasteiger partial charge on any atom is 0.254 e. The number of fused-ring (bicyclic) bond motifs is 4. The summed E-state index contributed by atoms with van der Waals surface area (Å²) in [6, 6.07) is 3.10. The molecular weight excluding hydrogens is 587 g/mol. The van der Waals surface area contributed by atoms with Crippen LogP contribution in [0.2, 0.25) is 0 Å². The Morgan fingerprint density at radius 3 is 2.41 bits per heavy atom. The molecule has 0 bridgehead atoms. The van der Waals surface area contributed by atoms with Crippen LogP contribution in [0.4, 0.5) is 0 Å². The Balaban J connectivity index is 1.48. The number of amides is 4. The number of imide groups is 2. The number of alkyl halides is 3. The van der Waals surface area contributed by atoms with Gasteiger partial charge in [0.1, 0.15) is 18.1 Å². The molecule has 2 saturated carbocycles. The van der Waals surface area contributed by atoms with Crippen LogP contribution in [0.25, 0.3) is 0 Å². The number of hydrogen-bond donors (Lipinski definition) is 1. The molecule has 1 aromatic heterocycles. The molecule has 0 spiro atoms. The van der Waals surface area contributed by atoms with Crippen molar-refractivity contribution in [1.29, 1.82) is 0 Å². The van der Waals surface area contributed by atoms with Gasteiger partial charge in [-0.1, -0.05) is 46.8 Å². The molecule has 4 amide bonds. The molecule has 5 aliphatic rings. The fourth-order valence-electron chi connectivity index (χ4n) is 7.42. The summed E-state index contributed by atoms with van der Waals surface area (Å²) >= 11 is 17.5. The van der Waals surface area contributed by atoms with Crippen molar-refractivity contribution in [2.45, 2.75) is 73.3 Å². The molecule has 0 aromatic carbocycles. The molecule has 3 aliphatic carbocycles. The Labute approximate surface area is 232 Å². The molecule has 3 heterocycles. The van der Waals surface area contributed by atoms with Crippen LogP contribution >= 0.6 is 39.1 Å². The van der Waals surface area contributed by atoms with Crippen molar-refractivity contribution in [3.8, 4) is 0 Å². The number of aliphatic hydroxyl groups is 1. The van der Waals surface area contributed by atoms with Crippen LogP contribution in [-0.2, 0) is 25.8 Å². The van der Waals surface area contributed by atoms with E-state index in [2.05, 4.69) is 15.9 Å². The molecular formula is C26H27BrCl2N2O6. The summed E-state index contributed by atoms with van der Waals surface area (Å²) in [5, 5.41) is 9.61. The van der Waals surface area contributed by atoms with Crippen LogP contribution in [-0.4, -0.2) is 59.8 Å². The standard InChI is InChI=1S/C26H27BrCl2N2O6/c27-12-30-23(35)25(28)10-17-15(20(26(25,29)24(30)36)18-9-6-14(11-32)37-18)7-8-16-19(17)22(34)31(21(16)33)13-4-2-1-3-5-13/h6-7,9,13,16-17,19-20,32H,1-5,8,10-12H2. The van der Waals surface area contributed by atoms with Gasteiger partial charge in [0.2, 0.25) is 11.8 Å². The Kier molecular flexibility index (Phi) is 6.18. The van der Waals surface area contributed by atoms with E-state index in [-0.39, 0.29) is 47.9 Å². The Morgan fingerprint density at radius 2 is 1.76 bits per heavy atom. The monoisotopic (exact) mass is 612 g/mol. The highest BCUT2D eigenvalue weighted by Gasteiger charge is 2.77. The molecule has 6 atom stereocenters. The van der Waals surface area contributed by atoms with Gasteiger partial charge in [-0.25, -0.2) is 0 Å². The summed E-state index contributed by atoms with van der Waals surface area (Å²) in [5.41, 5.74) is 0.610. The van der Waals surface area contributed by atoms with Gasteiger partial charge in [-0.05, 0) is 43.7 Å². The minimum Gasteiger partial charge on any atom is -0.463 e. The van der Waals surface area contributed by atoms with Gasteiger partial charge in [0.05, 0.1) is 23.2 Å². The quantitative estimate of drug-likeness (QED) is 0.239. The van der Waals surface area contributed by atoms with Crippen molar-refractivity contribution in [3.05, 3.63) is 35.3 Å². The second-order valence-corrected chi connectivity index (χ2v) is 12.5. The van der Waals surface area contributed by atoms with Crippen molar-refractivity contribution in [2.75, 3.05) is 5.45 Å². The van der Waals surface area contributed by atoms with E-state index < -0.39 is 45.2 Å². The van der Waals surface area contributed by atoms with Crippen LogP contribution in [0, 0.1) is 17.8 Å². The van der Waals surface area contributed by atoms with Gasteiger partial charge < -0.3 is 9.52 Å². The molecule has 6 rings (SSSR count). The van der Waals surface area contributed by atoms with Crippen molar-refractivity contribution >= 4 is 62.8 Å². The summed E-state index contributed by atoms with van der Waals surface area (Å²) < 4.78 is 5.88. The van der Waals surface area contributed by atoms with Crippen LogP contribution in [0.1, 0.15) is 62.4 Å². The number of hydrogen-bond acceptors (Lipinski definition) is 6. The van der Waals surface area contributed by atoms with E-state index in [0.29, 0.717) is 12.0 Å². The topological polar surface area (TPSA) is 108 Å². The van der Waals surface area contributed by atoms with Gasteiger partial charge in [-0.2, -0.15) is 0 Å². The predicted molar refractivity (Wildman–Crippen MR) is 137 cm³/mol. The van der Waals surface area contributed by atoms with Crippen molar-refractivity contribution in [3.63, 3.8) is 0 Å². The summed E-state index contributed by atoms with van der Waals surface area (Å²) in [6.07, 6.45) is 6.86. The van der Waals surface area contributed by atoms with E-state index in [1.54, 1.807) is 12.1 Å². The fourth-order valence-corrected chi connectivity index (χ4v) is 8.83. The summed E-state index contributed by atoms with van der Waals surface area (Å²) in [6.45, 7) is -0.356. The van der Waals surface area contributed by atoms with E-state index in [0.717, 1.165) is 37.0 Å². The van der Waals surface area contributed by atoms with Gasteiger partial charge in [0.15, 0.2) is 9.75 Å². The molecule has 37 heavy (non-hydrogen) atoms. The van der Waals surface area contributed by atoms with E-state index in [1.165, 1.54) is 4.90 Å². The minimum atomic E-state index is -1.89. The average Bonchev–Trinajstić information content (AvgIpc) is 3.51. The average molecular weight is 614 g/mol. The Morgan fingerprint density at radius 1 is 1.03 bits per heavy atom. The van der Waals surface area contributed by atoms with Gasteiger partial charge >= 0.3 is 0 Å². The number of rotatable bonds is 4. The number of nitrogens with zero attached hydrogens (tertiary/aromatic N) is 2. The first kappa shape index (κ1) is 25.6. The van der Waals surface area contributed by atoms with Crippen LogP contribution in [0.15, 0.2) is 28.2 Å². The third-order valence-corrected chi connectivity index (χ3v) is 11.0. The molecule has 1 aromatic rings. The molecule has 11 heteroatoms. The van der Waals surface area contributed by atoms with Gasteiger partial charge in [0.25, 0.3) is 11.8 Å². The number of allylic oxidation sites excluding steroid dienone is 2. The molecule has 8 nitrogen and oxygen atoms in total. The lowest BCUT2D eigenvalue weighted by Gasteiger charge is -2.49. The van der Waals surface area contributed by atoms with Crippen molar-refractivity contribution in [1.82, 2.24) is 9.80 Å². The number of aliphatic hydroxyl groups excluding tert-OH is 1. The fraction of sp³-hybridized carbons (Fsp3) is 0.615. The highest BCUT2D eigenvalue weighted by atomic mass is 79.9. The first-order chi connectivity index (χ1) is 17.7. The highest BCUT2D eigenvalue weighted by Crippen LogP contribution is 2.65. The lowest BCUT2D eigenvalue weighted by atomic mass is 9.57. The maximum absolute atomic E-state index is 13.9. The Bertz CT molecular complexity index is 1230. The number of furan rings is 1. The molecule has 2 saturated heterocycles. The summed E-state index contributed by atoms with van der Waals surface area (Å²) in [4.78, 5) is 53.4. The number of carbonyl (C=O) groups is 4. The van der Waals surface area contributed by atoms with E-state index in [9.17, 15) is 24.3 Å². The lowest BCUT2D eigenvalue weighted by Crippen LogP contribution is -2.60. The van der Waals surface area contributed by atoms with E-state index >= 15 is 0 Å². The maximum atomic E-state index is 13.9. The normalized spacial score (nSPS) is 38.1. The number of likely N-dealkylation sites (tertiary alicyclic amines) is 2. The molecule has 198 valence electrons. The molecule has 4 fully saturated rings.